The topological polar surface area (TPSA) is 63.4 Å². The fraction of sp³-hybridized carbons (Fsp3) is 0.467. The van der Waals surface area contributed by atoms with E-state index in [9.17, 15) is 9.59 Å². The monoisotopic (exact) mass is 258 g/mol. The van der Waals surface area contributed by atoms with Crippen LogP contribution in [-0.4, -0.2) is 11.8 Å². The van der Waals surface area contributed by atoms with Gasteiger partial charge in [0.2, 0.25) is 11.8 Å². The Hall–Kier alpha value is -1.68. The molecular weight excluding hydrogens is 240 g/mol. The zero-order valence-corrected chi connectivity index (χ0v) is 10.8. The lowest BCUT2D eigenvalue weighted by Gasteiger charge is -2.19. The summed E-state index contributed by atoms with van der Waals surface area (Å²) in [5.74, 6) is -0.273. The van der Waals surface area contributed by atoms with Crippen LogP contribution in [0.5, 0.6) is 0 Å². The van der Waals surface area contributed by atoms with Crippen molar-refractivity contribution in [3.8, 4) is 0 Å². The van der Waals surface area contributed by atoms with Gasteiger partial charge < -0.3 is 5.73 Å². The van der Waals surface area contributed by atoms with Crippen LogP contribution >= 0.6 is 0 Å². The van der Waals surface area contributed by atoms with E-state index < -0.39 is 0 Å². The molecular formula is C15H18N2O2. The number of carbonyl (C=O) groups is 2. The van der Waals surface area contributed by atoms with Crippen molar-refractivity contribution in [1.29, 1.82) is 0 Å². The number of benzene rings is 1. The number of imide groups is 1. The number of anilines is 1. The predicted octanol–water partition coefficient (Wildman–Crippen LogP) is 1.82. The van der Waals surface area contributed by atoms with Gasteiger partial charge in [0.25, 0.3) is 0 Å². The van der Waals surface area contributed by atoms with E-state index in [4.69, 9.17) is 5.73 Å². The molecule has 0 spiro atoms. The van der Waals surface area contributed by atoms with Gasteiger partial charge in [0.05, 0.1) is 17.5 Å². The Balaban J connectivity index is 2.00. The molecule has 19 heavy (non-hydrogen) atoms. The largest absolute Gasteiger partial charge is 0.326 e. The fourth-order valence-corrected chi connectivity index (χ4v) is 3.30. The van der Waals surface area contributed by atoms with E-state index in [0.29, 0.717) is 12.2 Å². The summed E-state index contributed by atoms with van der Waals surface area (Å²) >= 11 is 0. The molecule has 2 atom stereocenters. The number of nitrogens with two attached hydrogens (primary N) is 1. The Labute approximate surface area is 112 Å². The summed E-state index contributed by atoms with van der Waals surface area (Å²) in [6.45, 7) is 0.336. The van der Waals surface area contributed by atoms with Gasteiger partial charge in [-0.2, -0.15) is 0 Å². The van der Waals surface area contributed by atoms with Crippen LogP contribution in [0.25, 0.3) is 0 Å². The average molecular weight is 258 g/mol. The Morgan fingerprint density at radius 3 is 2.21 bits per heavy atom. The standard InChI is InChI=1S/C15H18N2O2/c16-9-10-5-1-4-8-13(10)17-14(18)11-6-2-3-7-12(11)15(17)19/h1,4-5,8,11-12H,2-3,6-7,9,16H2. The molecule has 2 unspecified atom stereocenters. The molecule has 2 fully saturated rings. The Bertz CT molecular complexity index is 503. The number of para-hydroxylation sites is 1. The molecule has 100 valence electrons. The third-order valence-corrected chi connectivity index (χ3v) is 4.29. The van der Waals surface area contributed by atoms with E-state index in [2.05, 4.69) is 0 Å². The summed E-state index contributed by atoms with van der Waals surface area (Å²) in [5, 5.41) is 0. The summed E-state index contributed by atoms with van der Waals surface area (Å²) in [6, 6.07) is 7.41. The number of fused-ring (bicyclic) bond motifs is 1. The van der Waals surface area contributed by atoms with Gasteiger partial charge in [-0.25, -0.2) is 4.90 Å². The molecule has 0 aromatic heterocycles. The Kier molecular flexibility index (Phi) is 3.11. The quantitative estimate of drug-likeness (QED) is 0.823. The molecule has 4 heteroatoms. The van der Waals surface area contributed by atoms with Crippen molar-refractivity contribution in [1.82, 2.24) is 0 Å². The minimum atomic E-state index is -0.105. The second kappa shape index (κ2) is 4.78. The van der Waals surface area contributed by atoms with Crippen molar-refractivity contribution in [2.75, 3.05) is 4.90 Å². The first kappa shape index (κ1) is 12.4. The molecule has 0 bridgehead atoms. The second-order valence-electron chi connectivity index (χ2n) is 5.34. The molecule has 1 saturated carbocycles. The molecule has 1 aromatic carbocycles. The van der Waals surface area contributed by atoms with E-state index in [1.165, 1.54) is 4.90 Å². The highest BCUT2D eigenvalue weighted by Gasteiger charge is 2.48. The van der Waals surface area contributed by atoms with Crippen molar-refractivity contribution < 1.29 is 9.59 Å². The molecule has 1 aliphatic carbocycles. The number of nitrogens with zero attached hydrogens (tertiary/aromatic N) is 1. The van der Waals surface area contributed by atoms with Crippen LogP contribution in [0.1, 0.15) is 31.2 Å². The highest BCUT2D eigenvalue weighted by Crippen LogP contribution is 2.40. The number of rotatable bonds is 2. The fourth-order valence-electron chi connectivity index (χ4n) is 3.30. The van der Waals surface area contributed by atoms with E-state index in [1.54, 1.807) is 0 Å². The minimum absolute atomic E-state index is 0.0319. The van der Waals surface area contributed by atoms with E-state index in [-0.39, 0.29) is 23.7 Å². The number of amides is 2. The van der Waals surface area contributed by atoms with Crippen LogP contribution in [-0.2, 0) is 16.1 Å². The summed E-state index contributed by atoms with van der Waals surface area (Å²) < 4.78 is 0. The van der Waals surface area contributed by atoms with Gasteiger partial charge in [-0.1, -0.05) is 31.0 Å². The van der Waals surface area contributed by atoms with E-state index >= 15 is 0 Å². The zero-order valence-electron chi connectivity index (χ0n) is 10.8. The molecule has 2 N–H and O–H groups in total. The zero-order chi connectivity index (χ0) is 13.4. The first-order valence-electron chi connectivity index (χ1n) is 6.90. The molecule has 4 nitrogen and oxygen atoms in total. The van der Waals surface area contributed by atoms with Gasteiger partial charge >= 0.3 is 0 Å². The molecule has 1 heterocycles. The normalized spacial score (nSPS) is 26.7. The lowest BCUT2D eigenvalue weighted by molar-refractivity contribution is -0.122. The van der Waals surface area contributed by atoms with Crippen molar-refractivity contribution in [3.63, 3.8) is 0 Å². The van der Waals surface area contributed by atoms with Gasteiger partial charge in [-0.3, -0.25) is 9.59 Å². The van der Waals surface area contributed by atoms with Crippen molar-refractivity contribution in [2.24, 2.45) is 17.6 Å². The molecule has 2 aliphatic rings. The van der Waals surface area contributed by atoms with E-state index in [1.807, 2.05) is 24.3 Å². The molecule has 3 rings (SSSR count). The van der Waals surface area contributed by atoms with Crippen LogP contribution in [0.15, 0.2) is 24.3 Å². The first-order chi connectivity index (χ1) is 9.24. The average Bonchev–Trinajstić information content (AvgIpc) is 2.71. The highest BCUT2D eigenvalue weighted by molar-refractivity contribution is 6.22. The highest BCUT2D eigenvalue weighted by atomic mass is 16.2. The third kappa shape index (κ3) is 1.87. The van der Waals surface area contributed by atoms with E-state index in [0.717, 1.165) is 31.2 Å². The van der Waals surface area contributed by atoms with Crippen LogP contribution in [0.3, 0.4) is 0 Å². The number of carbonyl (C=O) groups excluding carboxylic acids is 2. The third-order valence-electron chi connectivity index (χ3n) is 4.29. The lowest BCUT2D eigenvalue weighted by Crippen LogP contribution is -2.32. The Morgan fingerprint density at radius 2 is 1.63 bits per heavy atom. The maximum Gasteiger partial charge on any atom is 0.237 e. The summed E-state index contributed by atoms with van der Waals surface area (Å²) in [5.41, 5.74) is 7.23. The summed E-state index contributed by atoms with van der Waals surface area (Å²) in [4.78, 5) is 26.3. The molecule has 1 aliphatic heterocycles. The van der Waals surface area contributed by atoms with Crippen molar-refractivity contribution in [3.05, 3.63) is 29.8 Å². The lowest BCUT2D eigenvalue weighted by atomic mass is 9.81. The van der Waals surface area contributed by atoms with Gasteiger partial charge in [-0.15, -0.1) is 0 Å². The minimum Gasteiger partial charge on any atom is -0.326 e. The molecule has 2 amide bonds. The van der Waals surface area contributed by atoms with Crippen molar-refractivity contribution in [2.45, 2.75) is 32.2 Å². The van der Waals surface area contributed by atoms with Gasteiger partial charge in [0.1, 0.15) is 0 Å². The number of hydrogen-bond donors (Lipinski definition) is 1. The molecule has 1 aromatic rings. The second-order valence-corrected chi connectivity index (χ2v) is 5.34. The number of hydrogen-bond acceptors (Lipinski definition) is 3. The molecule has 0 radical (unpaired) electrons. The van der Waals surface area contributed by atoms with Gasteiger partial charge in [0.15, 0.2) is 0 Å². The van der Waals surface area contributed by atoms with Crippen LogP contribution < -0.4 is 10.6 Å². The van der Waals surface area contributed by atoms with Gasteiger partial charge in [0, 0.05) is 6.54 Å². The summed E-state index contributed by atoms with van der Waals surface area (Å²) in [6.07, 6.45) is 3.78. The SMILES string of the molecule is NCc1ccccc1N1C(=O)C2CCCCC2C1=O. The van der Waals surface area contributed by atoms with Crippen LogP contribution in [0, 0.1) is 11.8 Å². The predicted molar refractivity (Wildman–Crippen MR) is 72.3 cm³/mol. The Morgan fingerprint density at radius 1 is 1.05 bits per heavy atom. The van der Waals surface area contributed by atoms with Gasteiger partial charge in [-0.05, 0) is 24.5 Å². The van der Waals surface area contributed by atoms with Crippen LogP contribution in [0.2, 0.25) is 0 Å². The van der Waals surface area contributed by atoms with Crippen molar-refractivity contribution >= 4 is 17.5 Å². The van der Waals surface area contributed by atoms with Crippen LogP contribution in [0.4, 0.5) is 5.69 Å². The smallest absolute Gasteiger partial charge is 0.237 e. The maximum absolute atomic E-state index is 12.5. The molecule has 1 saturated heterocycles. The summed E-state index contributed by atoms with van der Waals surface area (Å²) in [7, 11) is 0. The first-order valence-corrected chi connectivity index (χ1v) is 6.90. The maximum atomic E-state index is 12.5.